The molecule has 1 fully saturated rings. The molecule has 0 spiro atoms. The number of hydrogen-bond donors (Lipinski definition) is 1. The number of para-hydroxylation sites is 1. The SMILES string of the molecule is CCC1CN(S(=O)(=O)c2ccccc2OC)CCC1N. The van der Waals surface area contributed by atoms with Crippen LogP contribution in [0.4, 0.5) is 0 Å². The summed E-state index contributed by atoms with van der Waals surface area (Å²) in [5.41, 5.74) is 6.04. The molecule has 5 nitrogen and oxygen atoms in total. The number of sulfonamides is 1. The van der Waals surface area contributed by atoms with Gasteiger partial charge in [0.05, 0.1) is 7.11 Å². The van der Waals surface area contributed by atoms with Crippen LogP contribution in [0, 0.1) is 5.92 Å². The number of nitrogens with two attached hydrogens (primary N) is 1. The Morgan fingerprint density at radius 3 is 2.75 bits per heavy atom. The Morgan fingerprint density at radius 1 is 1.40 bits per heavy atom. The number of hydrogen-bond acceptors (Lipinski definition) is 4. The molecule has 0 radical (unpaired) electrons. The topological polar surface area (TPSA) is 72.6 Å². The van der Waals surface area contributed by atoms with E-state index < -0.39 is 10.0 Å². The normalized spacial score (nSPS) is 24.6. The Hall–Kier alpha value is -1.11. The van der Waals surface area contributed by atoms with Crippen LogP contribution in [0.1, 0.15) is 19.8 Å². The third-order valence-electron chi connectivity index (χ3n) is 3.97. The second-order valence-electron chi connectivity index (χ2n) is 5.13. The van der Waals surface area contributed by atoms with E-state index in [1.807, 2.05) is 6.92 Å². The van der Waals surface area contributed by atoms with Gasteiger partial charge in [-0.15, -0.1) is 0 Å². The minimum atomic E-state index is -3.52. The van der Waals surface area contributed by atoms with E-state index in [0.29, 0.717) is 25.3 Å². The van der Waals surface area contributed by atoms with Gasteiger partial charge < -0.3 is 10.5 Å². The van der Waals surface area contributed by atoms with E-state index in [0.717, 1.165) is 6.42 Å². The second-order valence-corrected chi connectivity index (χ2v) is 7.04. The molecule has 1 saturated heterocycles. The number of nitrogens with zero attached hydrogens (tertiary/aromatic N) is 1. The summed E-state index contributed by atoms with van der Waals surface area (Å²) in [5, 5.41) is 0. The summed E-state index contributed by atoms with van der Waals surface area (Å²) in [7, 11) is -2.04. The number of benzene rings is 1. The van der Waals surface area contributed by atoms with Crippen molar-refractivity contribution in [2.24, 2.45) is 11.7 Å². The van der Waals surface area contributed by atoms with Crippen molar-refractivity contribution in [1.82, 2.24) is 4.31 Å². The Balaban J connectivity index is 2.31. The Morgan fingerprint density at radius 2 is 2.10 bits per heavy atom. The van der Waals surface area contributed by atoms with Crippen molar-refractivity contribution in [2.45, 2.75) is 30.7 Å². The summed E-state index contributed by atoms with van der Waals surface area (Å²) in [6.45, 7) is 3.00. The van der Waals surface area contributed by atoms with Crippen LogP contribution < -0.4 is 10.5 Å². The number of rotatable bonds is 4. The molecule has 0 saturated carbocycles. The zero-order valence-corrected chi connectivity index (χ0v) is 12.8. The predicted molar refractivity (Wildman–Crippen MR) is 78.1 cm³/mol. The van der Waals surface area contributed by atoms with Crippen molar-refractivity contribution in [3.63, 3.8) is 0 Å². The molecule has 0 aliphatic carbocycles. The molecule has 6 heteroatoms. The average Bonchev–Trinajstić information content (AvgIpc) is 2.47. The largest absolute Gasteiger partial charge is 0.495 e. The molecule has 1 aromatic carbocycles. The third-order valence-corrected chi connectivity index (χ3v) is 5.87. The summed E-state index contributed by atoms with van der Waals surface area (Å²) in [5.74, 6) is 0.601. The van der Waals surface area contributed by atoms with E-state index in [4.69, 9.17) is 10.5 Å². The first-order chi connectivity index (χ1) is 9.50. The number of methoxy groups -OCH3 is 1. The lowest BCUT2D eigenvalue weighted by Crippen LogP contribution is -2.48. The molecule has 2 N–H and O–H groups in total. The Labute approximate surface area is 120 Å². The molecular weight excluding hydrogens is 276 g/mol. The van der Waals surface area contributed by atoms with Gasteiger partial charge in [-0.1, -0.05) is 25.5 Å². The van der Waals surface area contributed by atoms with Gasteiger partial charge in [-0.2, -0.15) is 4.31 Å². The van der Waals surface area contributed by atoms with Crippen molar-refractivity contribution >= 4 is 10.0 Å². The maximum Gasteiger partial charge on any atom is 0.246 e. The van der Waals surface area contributed by atoms with Crippen LogP contribution in [0.25, 0.3) is 0 Å². The summed E-state index contributed by atoms with van der Waals surface area (Å²) >= 11 is 0. The zero-order chi connectivity index (χ0) is 14.8. The van der Waals surface area contributed by atoms with Gasteiger partial charge in [-0.05, 0) is 24.5 Å². The van der Waals surface area contributed by atoms with Gasteiger partial charge in [-0.3, -0.25) is 0 Å². The molecule has 2 rings (SSSR count). The van der Waals surface area contributed by atoms with E-state index in [1.54, 1.807) is 24.3 Å². The molecule has 20 heavy (non-hydrogen) atoms. The van der Waals surface area contributed by atoms with E-state index in [2.05, 4.69) is 0 Å². The Kier molecular flexibility index (Phi) is 4.67. The minimum Gasteiger partial charge on any atom is -0.495 e. The predicted octanol–water partition coefficient (Wildman–Crippen LogP) is 1.44. The fourth-order valence-corrected chi connectivity index (χ4v) is 4.31. The van der Waals surface area contributed by atoms with Crippen LogP contribution in [0.2, 0.25) is 0 Å². The highest BCUT2D eigenvalue weighted by molar-refractivity contribution is 7.89. The highest BCUT2D eigenvalue weighted by Crippen LogP contribution is 2.29. The van der Waals surface area contributed by atoms with Crippen LogP contribution in [-0.2, 0) is 10.0 Å². The minimum absolute atomic E-state index is 0.0871. The van der Waals surface area contributed by atoms with Crippen LogP contribution in [0.5, 0.6) is 5.75 Å². The molecule has 112 valence electrons. The lowest BCUT2D eigenvalue weighted by molar-refractivity contribution is 0.230. The van der Waals surface area contributed by atoms with Gasteiger partial charge in [-0.25, -0.2) is 8.42 Å². The van der Waals surface area contributed by atoms with Crippen molar-refractivity contribution in [2.75, 3.05) is 20.2 Å². The standard InChI is InChI=1S/C14H22N2O3S/c1-3-11-10-16(9-8-12(11)15)20(17,18)14-7-5-4-6-13(14)19-2/h4-7,11-12H,3,8-10,15H2,1-2H3. The van der Waals surface area contributed by atoms with E-state index in [-0.39, 0.29) is 16.9 Å². The monoisotopic (exact) mass is 298 g/mol. The zero-order valence-electron chi connectivity index (χ0n) is 12.0. The molecule has 2 unspecified atom stereocenters. The quantitative estimate of drug-likeness (QED) is 0.913. The second kappa shape index (κ2) is 6.11. The summed E-state index contributed by atoms with van der Waals surface area (Å²) in [4.78, 5) is 0.229. The lowest BCUT2D eigenvalue weighted by atomic mass is 9.92. The molecule has 1 aromatic rings. The average molecular weight is 298 g/mol. The lowest BCUT2D eigenvalue weighted by Gasteiger charge is -2.35. The summed E-state index contributed by atoms with van der Waals surface area (Å²) in [6, 6.07) is 6.81. The Bertz CT molecular complexity index is 559. The molecule has 1 aliphatic heterocycles. The highest BCUT2D eigenvalue weighted by Gasteiger charge is 2.34. The van der Waals surface area contributed by atoms with Gasteiger partial charge in [0.25, 0.3) is 0 Å². The van der Waals surface area contributed by atoms with Crippen LogP contribution in [-0.4, -0.2) is 39.0 Å². The number of ether oxygens (including phenoxy) is 1. The van der Waals surface area contributed by atoms with Gasteiger partial charge in [0, 0.05) is 19.1 Å². The molecule has 2 atom stereocenters. The third kappa shape index (κ3) is 2.82. The van der Waals surface area contributed by atoms with Crippen LogP contribution >= 0.6 is 0 Å². The van der Waals surface area contributed by atoms with E-state index in [1.165, 1.54) is 11.4 Å². The first kappa shape index (κ1) is 15.3. The molecule has 0 bridgehead atoms. The molecule has 1 heterocycles. The first-order valence-corrected chi connectivity index (χ1v) is 8.33. The fourth-order valence-electron chi connectivity index (χ4n) is 2.64. The molecule has 1 aliphatic rings. The molecular formula is C14H22N2O3S. The van der Waals surface area contributed by atoms with Crippen LogP contribution in [0.15, 0.2) is 29.2 Å². The van der Waals surface area contributed by atoms with Gasteiger partial charge in [0.2, 0.25) is 10.0 Å². The molecule has 0 amide bonds. The van der Waals surface area contributed by atoms with Gasteiger partial charge in [0.1, 0.15) is 10.6 Å². The van der Waals surface area contributed by atoms with Gasteiger partial charge >= 0.3 is 0 Å². The van der Waals surface area contributed by atoms with Crippen molar-refractivity contribution in [1.29, 1.82) is 0 Å². The van der Waals surface area contributed by atoms with E-state index >= 15 is 0 Å². The van der Waals surface area contributed by atoms with Crippen molar-refractivity contribution in [3.8, 4) is 5.75 Å². The highest BCUT2D eigenvalue weighted by atomic mass is 32.2. The van der Waals surface area contributed by atoms with Crippen molar-refractivity contribution < 1.29 is 13.2 Å². The van der Waals surface area contributed by atoms with Crippen LogP contribution in [0.3, 0.4) is 0 Å². The fraction of sp³-hybridized carbons (Fsp3) is 0.571. The summed E-state index contributed by atoms with van der Waals surface area (Å²) < 4.78 is 32.2. The number of piperidine rings is 1. The first-order valence-electron chi connectivity index (χ1n) is 6.89. The van der Waals surface area contributed by atoms with Crippen molar-refractivity contribution in [3.05, 3.63) is 24.3 Å². The van der Waals surface area contributed by atoms with E-state index in [9.17, 15) is 8.42 Å². The van der Waals surface area contributed by atoms with Gasteiger partial charge in [0.15, 0.2) is 0 Å². The smallest absolute Gasteiger partial charge is 0.246 e. The molecule has 0 aromatic heterocycles. The maximum atomic E-state index is 12.7. The summed E-state index contributed by atoms with van der Waals surface area (Å²) in [6.07, 6.45) is 1.59. The maximum absolute atomic E-state index is 12.7.